The van der Waals surface area contributed by atoms with E-state index in [1.165, 1.54) is 0 Å². The SMILES string of the molecule is COCc1nc(Cl)cc(-n2cccn2)n1. The summed E-state index contributed by atoms with van der Waals surface area (Å²) in [5.74, 6) is 1.17. The van der Waals surface area contributed by atoms with E-state index >= 15 is 0 Å². The topological polar surface area (TPSA) is 52.8 Å². The van der Waals surface area contributed by atoms with Gasteiger partial charge in [-0.25, -0.2) is 14.6 Å². The average molecular weight is 225 g/mol. The van der Waals surface area contributed by atoms with Crippen molar-refractivity contribution < 1.29 is 4.74 Å². The third-order valence-corrected chi connectivity index (χ3v) is 1.93. The van der Waals surface area contributed by atoms with Crippen molar-refractivity contribution in [2.45, 2.75) is 6.61 Å². The van der Waals surface area contributed by atoms with Gasteiger partial charge in [0.1, 0.15) is 11.8 Å². The molecule has 2 aromatic rings. The molecule has 0 spiro atoms. The Balaban J connectivity index is 2.40. The van der Waals surface area contributed by atoms with Crippen molar-refractivity contribution in [3.05, 3.63) is 35.5 Å². The molecule has 0 fully saturated rings. The molecule has 2 aromatic heterocycles. The summed E-state index contributed by atoms with van der Waals surface area (Å²) in [5, 5.41) is 4.43. The predicted octanol–water partition coefficient (Wildman–Crippen LogP) is 1.46. The van der Waals surface area contributed by atoms with E-state index in [-0.39, 0.29) is 0 Å². The third-order valence-electron chi connectivity index (χ3n) is 1.74. The molecule has 0 radical (unpaired) electrons. The van der Waals surface area contributed by atoms with Gasteiger partial charge in [0.15, 0.2) is 11.6 Å². The van der Waals surface area contributed by atoms with Crippen molar-refractivity contribution in [1.29, 1.82) is 0 Å². The van der Waals surface area contributed by atoms with E-state index in [0.29, 0.717) is 23.4 Å². The van der Waals surface area contributed by atoms with Crippen molar-refractivity contribution in [1.82, 2.24) is 19.7 Å². The fraction of sp³-hybridized carbons (Fsp3) is 0.222. The Morgan fingerprint density at radius 2 is 2.33 bits per heavy atom. The fourth-order valence-corrected chi connectivity index (χ4v) is 1.36. The standard InChI is InChI=1S/C9H9ClN4O/c1-15-6-8-12-7(10)5-9(13-8)14-4-2-3-11-14/h2-5H,6H2,1H3. The van der Waals surface area contributed by atoms with Gasteiger partial charge in [0, 0.05) is 25.6 Å². The van der Waals surface area contributed by atoms with E-state index in [0.717, 1.165) is 0 Å². The molecule has 0 amide bonds. The lowest BCUT2D eigenvalue weighted by Crippen LogP contribution is -2.04. The van der Waals surface area contributed by atoms with Crippen LogP contribution in [0.15, 0.2) is 24.5 Å². The fourth-order valence-electron chi connectivity index (χ4n) is 1.17. The van der Waals surface area contributed by atoms with E-state index in [4.69, 9.17) is 16.3 Å². The van der Waals surface area contributed by atoms with E-state index in [2.05, 4.69) is 15.1 Å². The second kappa shape index (κ2) is 4.37. The molecule has 78 valence electrons. The van der Waals surface area contributed by atoms with Gasteiger partial charge in [-0.1, -0.05) is 11.6 Å². The van der Waals surface area contributed by atoms with Gasteiger partial charge in [-0.05, 0) is 6.07 Å². The maximum absolute atomic E-state index is 5.85. The Labute approximate surface area is 91.7 Å². The molecule has 6 heteroatoms. The lowest BCUT2D eigenvalue weighted by Gasteiger charge is -2.03. The Hall–Kier alpha value is -1.46. The first-order valence-corrected chi connectivity index (χ1v) is 4.70. The van der Waals surface area contributed by atoms with Crippen LogP contribution in [0.3, 0.4) is 0 Å². The molecule has 0 bridgehead atoms. The second-order valence-corrected chi connectivity index (χ2v) is 3.24. The minimum Gasteiger partial charge on any atom is -0.377 e. The molecule has 0 aliphatic carbocycles. The van der Waals surface area contributed by atoms with E-state index in [9.17, 15) is 0 Å². The molecule has 0 saturated heterocycles. The Kier molecular flexibility index (Phi) is 2.94. The average Bonchev–Trinajstić information content (AvgIpc) is 2.70. The zero-order valence-corrected chi connectivity index (χ0v) is 8.85. The molecule has 0 unspecified atom stereocenters. The van der Waals surface area contributed by atoms with Crippen LogP contribution in [0.4, 0.5) is 0 Å². The highest BCUT2D eigenvalue weighted by Crippen LogP contribution is 2.10. The summed E-state index contributed by atoms with van der Waals surface area (Å²) in [4.78, 5) is 8.27. The summed E-state index contributed by atoms with van der Waals surface area (Å²) in [6.07, 6.45) is 3.46. The van der Waals surface area contributed by atoms with Crippen LogP contribution < -0.4 is 0 Å². The van der Waals surface area contributed by atoms with Crippen molar-refractivity contribution in [2.24, 2.45) is 0 Å². The normalized spacial score (nSPS) is 10.5. The van der Waals surface area contributed by atoms with Gasteiger partial charge in [0.25, 0.3) is 0 Å². The number of methoxy groups -OCH3 is 1. The van der Waals surface area contributed by atoms with Gasteiger partial charge in [0.05, 0.1) is 0 Å². The number of rotatable bonds is 3. The smallest absolute Gasteiger partial charge is 0.158 e. The molecule has 0 N–H and O–H groups in total. The Bertz CT molecular complexity index is 443. The zero-order valence-electron chi connectivity index (χ0n) is 8.09. The number of hydrogen-bond acceptors (Lipinski definition) is 4. The molecule has 0 aromatic carbocycles. The third kappa shape index (κ3) is 2.31. The molecular weight excluding hydrogens is 216 g/mol. The van der Waals surface area contributed by atoms with Crippen LogP contribution in [0.25, 0.3) is 5.82 Å². The van der Waals surface area contributed by atoms with Gasteiger partial charge in [-0.3, -0.25) is 0 Å². The van der Waals surface area contributed by atoms with Gasteiger partial charge in [0.2, 0.25) is 0 Å². The first-order chi connectivity index (χ1) is 7.29. The minimum absolute atomic E-state index is 0.328. The van der Waals surface area contributed by atoms with Gasteiger partial charge in [-0.2, -0.15) is 5.10 Å². The molecule has 2 heterocycles. The summed E-state index contributed by atoms with van der Waals surface area (Å²) in [6.45, 7) is 0.328. The first-order valence-electron chi connectivity index (χ1n) is 4.32. The lowest BCUT2D eigenvalue weighted by molar-refractivity contribution is 0.177. The summed E-state index contributed by atoms with van der Waals surface area (Å²) in [5.41, 5.74) is 0. The van der Waals surface area contributed by atoms with Gasteiger partial charge in [-0.15, -0.1) is 0 Å². The molecule has 5 nitrogen and oxygen atoms in total. The van der Waals surface area contributed by atoms with E-state index in [1.54, 1.807) is 30.3 Å². The maximum atomic E-state index is 5.85. The van der Waals surface area contributed by atoms with Crippen LogP contribution in [-0.2, 0) is 11.3 Å². The number of aromatic nitrogens is 4. The molecule has 0 aliphatic rings. The molecule has 15 heavy (non-hydrogen) atoms. The van der Waals surface area contributed by atoms with Gasteiger partial charge >= 0.3 is 0 Å². The molecular formula is C9H9ClN4O. The highest BCUT2D eigenvalue weighted by Gasteiger charge is 2.04. The van der Waals surface area contributed by atoms with Crippen molar-refractivity contribution in [3.63, 3.8) is 0 Å². The predicted molar refractivity (Wildman–Crippen MR) is 54.9 cm³/mol. The van der Waals surface area contributed by atoms with Crippen LogP contribution in [0.2, 0.25) is 5.15 Å². The lowest BCUT2D eigenvalue weighted by atomic mass is 10.5. The molecule has 0 saturated carbocycles. The van der Waals surface area contributed by atoms with E-state index < -0.39 is 0 Å². The number of halogens is 1. The Morgan fingerprint density at radius 3 is 3.00 bits per heavy atom. The van der Waals surface area contributed by atoms with Gasteiger partial charge < -0.3 is 4.74 Å². The summed E-state index contributed by atoms with van der Waals surface area (Å²) in [7, 11) is 1.58. The molecule has 0 atom stereocenters. The van der Waals surface area contributed by atoms with Crippen molar-refractivity contribution in [2.75, 3.05) is 7.11 Å². The summed E-state index contributed by atoms with van der Waals surface area (Å²) in [6, 6.07) is 3.46. The highest BCUT2D eigenvalue weighted by molar-refractivity contribution is 6.29. The van der Waals surface area contributed by atoms with Crippen molar-refractivity contribution >= 4 is 11.6 Å². The minimum atomic E-state index is 0.328. The first kappa shape index (κ1) is 10.1. The number of nitrogens with zero attached hydrogens (tertiary/aromatic N) is 4. The van der Waals surface area contributed by atoms with Crippen LogP contribution in [0.5, 0.6) is 0 Å². The zero-order chi connectivity index (χ0) is 10.7. The van der Waals surface area contributed by atoms with E-state index in [1.807, 2.05) is 6.07 Å². The second-order valence-electron chi connectivity index (χ2n) is 2.85. The molecule has 2 rings (SSSR count). The summed E-state index contributed by atoms with van der Waals surface area (Å²) >= 11 is 5.85. The highest BCUT2D eigenvalue weighted by atomic mass is 35.5. The summed E-state index contributed by atoms with van der Waals surface area (Å²) < 4.78 is 6.56. The van der Waals surface area contributed by atoms with Crippen LogP contribution in [0.1, 0.15) is 5.82 Å². The van der Waals surface area contributed by atoms with Crippen LogP contribution in [-0.4, -0.2) is 26.9 Å². The quantitative estimate of drug-likeness (QED) is 0.741. The largest absolute Gasteiger partial charge is 0.377 e. The van der Waals surface area contributed by atoms with Crippen molar-refractivity contribution in [3.8, 4) is 5.82 Å². The number of ether oxygens (including phenoxy) is 1. The monoisotopic (exact) mass is 224 g/mol. The maximum Gasteiger partial charge on any atom is 0.158 e. The number of hydrogen-bond donors (Lipinski definition) is 0. The van der Waals surface area contributed by atoms with Crippen LogP contribution in [0, 0.1) is 0 Å². The molecule has 0 aliphatic heterocycles. The Morgan fingerprint density at radius 1 is 1.47 bits per heavy atom. The van der Waals surface area contributed by atoms with Crippen LogP contribution >= 0.6 is 11.6 Å².